The summed E-state index contributed by atoms with van der Waals surface area (Å²) >= 11 is 0. The molecule has 1 saturated heterocycles. The summed E-state index contributed by atoms with van der Waals surface area (Å²) in [5, 5.41) is 3.20. The van der Waals surface area contributed by atoms with E-state index in [9.17, 15) is 9.59 Å². The minimum Gasteiger partial charge on any atom is -0.366 e. The molecular weight excluding hydrogens is 446 g/mol. The molecule has 0 spiro atoms. The van der Waals surface area contributed by atoms with Gasteiger partial charge >= 0.3 is 0 Å². The van der Waals surface area contributed by atoms with E-state index in [1.54, 1.807) is 0 Å². The Hall–Kier alpha value is -4.38. The van der Waals surface area contributed by atoms with Crippen molar-refractivity contribution in [3.05, 3.63) is 132 Å². The van der Waals surface area contributed by atoms with Crippen LogP contribution in [0.1, 0.15) is 27.4 Å². The van der Waals surface area contributed by atoms with Crippen molar-refractivity contribution in [3.8, 4) is 0 Å². The highest BCUT2D eigenvalue weighted by Crippen LogP contribution is 2.31. The number of amides is 2. The molecule has 1 heterocycles. The van der Waals surface area contributed by atoms with Crippen molar-refractivity contribution in [2.24, 2.45) is 0 Å². The molecule has 180 valence electrons. The summed E-state index contributed by atoms with van der Waals surface area (Å²) in [4.78, 5) is 30.7. The van der Waals surface area contributed by atoms with Crippen LogP contribution in [0.5, 0.6) is 0 Å². The number of carbonyl (C=O) groups excluding carboxylic acids is 2. The van der Waals surface area contributed by atoms with E-state index < -0.39 is 5.92 Å². The van der Waals surface area contributed by atoms with E-state index in [0.29, 0.717) is 31.7 Å². The minimum absolute atomic E-state index is 0.0606. The molecule has 0 aliphatic carbocycles. The third-order valence-corrected chi connectivity index (χ3v) is 6.62. The number of anilines is 2. The van der Waals surface area contributed by atoms with Crippen LogP contribution in [0.25, 0.3) is 0 Å². The van der Waals surface area contributed by atoms with Gasteiger partial charge in [0.15, 0.2) is 0 Å². The van der Waals surface area contributed by atoms with E-state index in [4.69, 9.17) is 0 Å². The normalized spacial score (nSPS) is 13.5. The second kappa shape index (κ2) is 10.9. The molecule has 0 bridgehead atoms. The maximum Gasteiger partial charge on any atom is 0.253 e. The molecule has 5 rings (SSSR count). The van der Waals surface area contributed by atoms with Crippen LogP contribution in [-0.2, 0) is 4.79 Å². The lowest BCUT2D eigenvalue weighted by Crippen LogP contribution is -2.49. The predicted octanol–water partition coefficient (Wildman–Crippen LogP) is 5.42. The van der Waals surface area contributed by atoms with Crippen LogP contribution in [0, 0.1) is 0 Å². The van der Waals surface area contributed by atoms with Gasteiger partial charge in [-0.2, -0.15) is 0 Å². The zero-order valence-corrected chi connectivity index (χ0v) is 20.1. The van der Waals surface area contributed by atoms with E-state index in [2.05, 4.69) is 10.2 Å². The van der Waals surface area contributed by atoms with Crippen molar-refractivity contribution < 1.29 is 9.59 Å². The number of benzene rings is 4. The van der Waals surface area contributed by atoms with E-state index in [1.807, 2.05) is 120 Å². The molecule has 5 heteroatoms. The van der Waals surface area contributed by atoms with Crippen LogP contribution in [0.4, 0.5) is 11.4 Å². The van der Waals surface area contributed by atoms with E-state index >= 15 is 0 Å². The predicted molar refractivity (Wildman–Crippen MR) is 144 cm³/mol. The molecule has 1 aliphatic rings. The Balaban J connectivity index is 1.33. The lowest BCUT2D eigenvalue weighted by Gasteiger charge is -2.37. The first-order chi connectivity index (χ1) is 17.7. The van der Waals surface area contributed by atoms with Crippen molar-refractivity contribution in [2.75, 3.05) is 36.4 Å². The van der Waals surface area contributed by atoms with Crippen molar-refractivity contribution in [1.82, 2.24) is 4.90 Å². The molecule has 1 N–H and O–H groups in total. The Morgan fingerprint density at radius 3 is 1.69 bits per heavy atom. The number of hydrogen-bond donors (Lipinski definition) is 1. The van der Waals surface area contributed by atoms with Gasteiger partial charge in [-0.3, -0.25) is 9.59 Å². The first kappa shape index (κ1) is 23.4. The summed E-state index contributed by atoms with van der Waals surface area (Å²) in [6.45, 7) is 2.66. The number of nitrogens with zero attached hydrogens (tertiary/aromatic N) is 2. The SMILES string of the molecule is O=C(Nc1ccccc1N1CCN(C(=O)c2ccccc2)CC1)C(c1ccccc1)c1ccccc1. The summed E-state index contributed by atoms with van der Waals surface area (Å²) in [6, 6.07) is 37.0. The first-order valence-corrected chi connectivity index (χ1v) is 12.3. The van der Waals surface area contributed by atoms with Gasteiger partial charge < -0.3 is 15.1 Å². The number of rotatable bonds is 6. The fourth-order valence-corrected chi connectivity index (χ4v) is 4.76. The number of para-hydroxylation sites is 2. The highest BCUT2D eigenvalue weighted by atomic mass is 16.2. The van der Waals surface area contributed by atoms with Crippen molar-refractivity contribution in [3.63, 3.8) is 0 Å². The van der Waals surface area contributed by atoms with Crippen LogP contribution in [0.3, 0.4) is 0 Å². The molecule has 5 nitrogen and oxygen atoms in total. The van der Waals surface area contributed by atoms with Gasteiger partial charge in [0.05, 0.1) is 17.3 Å². The van der Waals surface area contributed by atoms with Gasteiger partial charge in [-0.15, -0.1) is 0 Å². The largest absolute Gasteiger partial charge is 0.366 e. The Morgan fingerprint density at radius 1 is 0.611 bits per heavy atom. The lowest BCUT2D eigenvalue weighted by atomic mass is 9.90. The minimum atomic E-state index is -0.416. The van der Waals surface area contributed by atoms with E-state index in [-0.39, 0.29) is 11.8 Å². The van der Waals surface area contributed by atoms with Gasteiger partial charge in [-0.1, -0.05) is 91.0 Å². The van der Waals surface area contributed by atoms with Crippen molar-refractivity contribution >= 4 is 23.2 Å². The number of carbonyl (C=O) groups is 2. The third kappa shape index (κ3) is 5.15. The number of piperazine rings is 1. The molecule has 36 heavy (non-hydrogen) atoms. The Labute approximate surface area is 212 Å². The van der Waals surface area contributed by atoms with Gasteiger partial charge in [-0.05, 0) is 35.4 Å². The van der Waals surface area contributed by atoms with Crippen LogP contribution in [0.15, 0.2) is 115 Å². The average molecular weight is 476 g/mol. The van der Waals surface area contributed by atoms with E-state index in [0.717, 1.165) is 22.5 Å². The van der Waals surface area contributed by atoms with Crippen molar-refractivity contribution in [2.45, 2.75) is 5.92 Å². The summed E-state index contributed by atoms with van der Waals surface area (Å²) in [5.74, 6) is -0.427. The topological polar surface area (TPSA) is 52.7 Å². The van der Waals surface area contributed by atoms with Crippen LogP contribution < -0.4 is 10.2 Å². The molecule has 0 atom stereocenters. The molecule has 0 aromatic heterocycles. The summed E-state index contributed by atoms with van der Waals surface area (Å²) < 4.78 is 0. The molecule has 2 amide bonds. The molecule has 0 saturated carbocycles. The summed E-state index contributed by atoms with van der Waals surface area (Å²) in [7, 11) is 0. The molecular formula is C31H29N3O2. The van der Waals surface area contributed by atoms with Crippen LogP contribution >= 0.6 is 0 Å². The fourth-order valence-electron chi connectivity index (χ4n) is 4.76. The Bertz CT molecular complexity index is 1260. The summed E-state index contributed by atoms with van der Waals surface area (Å²) in [5.41, 5.74) is 4.37. The lowest BCUT2D eigenvalue weighted by molar-refractivity contribution is -0.116. The molecule has 1 fully saturated rings. The second-order valence-corrected chi connectivity index (χ2v) is 8.91. The summed E-state index contributed by atoms with van der Waals surface area (Å²) in [6.07, 6.45) is 0. The van der Waals surface area contributed by atoms with E-state index in [1.165, 1.54) is 0 Å². The Kier molecular flexibility index (Phi) is 7.08. The second-order valence-electron chi connectivity index (χ2n) is 8.91. The molecule has 0 radical (unpaired) electrons. The highest BCUT2D eigenvalue weighted by molar-refractivity contribution is 6.00. The zero-order valence-electron chi connectivity index (χ0n) is 20.1. The molecule has 0 unspecified atom stereocenters. The third-order valence-electron chi connectivity index (χ3n) is 6.62. The zero-order chi connectivity index (χ0) is 24.7. The molecule has 4 aromatic carbocycles. The standard InChI is InChI=1S/C31H29N3O2/c35-30(29(24-12-4-1-5-13-24)25-14-6-2-7-15-25)32-27-18-10-11-19-28(27)33-20-22-34(23-21-33)31(36)26-16-8-3-9-17-26/h1-19,29H,20-23H2,(H,32,35). The number of hydrogen-bond acceptors (Lipinski definition) is 3. The van der Waals surface area contributed by atoms with Gasteiger partial charge in [-0.25, -0.2) is 0 Å². The van der Waals surface area contributed by atoms with Crippen LogP contribution in [-0.4, -0.2) is 42.9 Å². The first-order valence-electron chi connectivity index (χ1n) is 12.3. The smallest absolute Gasteiger partial charge is 0.253 e. The number of nitrogens with one attached hydrogen (secondary N) is 1. The average Bonchev–Trinajstić information content (AvgIpc) is 2.95. The van der Waals surface area contributed by atoms with Gasteiger partial charge in [0.2, 0.25) is 5.91 Å². The van der Waals surface area contributed by atoms with Gasteiger partial charge in [0, 0.05) is 31.7 Å². The molecule has 4 aromatic rings. The quantitative estimate of drug-likeness (QED) is 0.405. The maximum atomic E-state index is 13.7. The Morgan fingerprint density at radius 2 is 1.11 bits per heavy atom. The van der Waals surface area contributed by atoms with Crippen LogP contribution in [0.2, 0.25) is 0 Å². The fraction of sp³-hybridized carbons (Fsp3) is 0.161. The maximum absolute atomic E-state index is 13.7. The van der Waals surface area contributed by atoms with Crippen molar-refractivity contribution in [1.29, 1.82) is 0 Å². The monoisotopic (exact) mass is 475 g/mol. The highest BCUT2D eigenvalue weighted by Gasteiger charge is 2.26. The van der Waals surface area contributed by atoms with Gasteiger partial charge in [0.25, 0.3) is 5.91 Å². The van der Waals surface area contributed by atoms with Gasteiger partial charge in [0.1, 0.15) is 0 Å². The molecule has 1 aliphatic heterocycles.